The molecular formula is C15H21F2NO2. The molecule has 112 valence electrons. The topological polar surface area (TPSA) is 38.3 Å². The first-order valence-corrected chi connectivity index (χ1v) is 6.62. The Kier molecular flexibility index (Phi) is 5.62. The molecule has 0 radical (unpaired) electrons. The van der Waals surface area contributed by atoms with Crippen molar-refractivity contribution in [1.29, 1.82) is 0 Å². The van der Waals surface area contributed by atoms with Gasteiger partial charge in [0.1, 0.15) is 11.6 Å². The molecule has 0 aliphatic heterocycles. The number of rotatable bonds is 6. The number of hydrogen-bond acceptors (Lipinski definition) is 3. The van der Waals surface area contributed by atoms with Crippen molar-refractivity contribution in [2.75, 3.05) is 13.7 Å². The number of esters is 1. The van der Waals surface area contributed by atoms with Crippen LogP contribution in [0.4, 0.5) is 8.78 Å². The van der Waals surface area contributed by atoms with Crippen LogP contribution in [0.1, 0.15) is 37.8 Å². The van der Waals surface area contributed by atoms with Crippen molar-refractivity contribution in [1.82, 2.24) is 5.32 Å². The van der Waals surface area contributed by atoms with Crippen LogP contribution < -0.4 is 5.32 Å². The second-order valence-electron chi connectivity index (χ2n) is 5.09. The van der Waals surface area contributed by atoms with E-state index in [0.717, 1.165) is 18.6 Å². The van der Waals surface area contributed by atoms with E-state index in [1.165, 1.54) is 14.0 Å². The number of methoxy groups -OCH3 is 1. The summed E-state index contributed by atoms with van der Waals surface area (Å²) in [7, 11) is 1.27. The number of nitrogens with one attached hydrogen (secondary N) is 1. The third kappa shape index (κ3) is 3.76. The lowest BCUT2D eigenvalue weighted by Gasteiger charge is -2.31. The summed E-state index contributed by atoms with van der Waals surface area (Å²) in [5, 5.41) is 3.11. The number of ether oxygens (including phenoxy) is 1. The van der Waals surface area contributed by atoms with Gasteiger partial charge in [0.25, 0.3) is 0 Å². The molecule has 0 saturated carbocycles. The molecule has 0 spiro atoms. The van der Waals surface area contributed by atoms with Crippen LogP contribution in [0.25, 0.3) is 0 Å². The Balaban J connectivity index is 3.22. The number of carbonyl (C=O) groups is 1. The summed E-state index contributed by atoms with van der Waals surface area (Å²) < 4.78 is 32.5. The number of carbonyl (C=O) groups excluding carboxylic acids is 1. The van der Waals surface area contributed by atoms with Crippen molar-refractivity contribution in [3.63, 3.8) is 0 Å². The van der Waals surface area contributed by atoms with Gasteiger partial charge in [-0.05, 0) is 44.5 Å². The van der Waals surface area contributed by atoms with E-state index < -0.39 is 23.1 Å². The van der Waals surface area contributed by atoms with E-state index in [4.69, 9.17) is 0 Å². The average Bonchev–Trinajstić information content (AvgIpc) is 2.40. The predicted molar refractivity (Wildman–Crippen MR) is 73.4 cm³/mol. The molecule has 0 aliphatic rings. The van der Waals surface area contributed by atoms with Crippen LogP contribution in [0.3, 0.4) is 0 Å². The summed E-state index contributed by atoms with van der Waals surface area (Å²) in [6, 6.07) is 2.30. The van der Waals surface area contributed by atoms with Crippen LogP contribution in [0.5, 0.6) is 0 Å². The van der Waals surface area contributed by atoms with Gasteiger partial charge >= 0.3 is 5.97 Å². The zero-order valence-corrected chi connectivity index (χ0v) is 12.3. The van der Waals surface area contributed by atoms with Crippen molar-refractivity contribution in [2.24, 2.45) is 0 Å². The molecule has 20 heavy (non-hydrogen) atoms. The largest absolute Gasteiger partial charge is 0.469 e. The van der Waals surface area contributed by atoms with Crippen LogP contribution >= 0.6 is 0 Å². The maximum atomic E-state index is 14.1. The minimum Gasteiger partial charge on any atom is -0.469 e. The quantitative estimate of drug-likeness (QED) is 0.816. The number of hydrogen-bond donors (Lipinski definition) is 1. The van der Waals surface area contributed by atoms with Crippen LogP contribution in [0.2, 0.25) is 0 Å². The van der Waals surface area contributed by atoms with Crippen LogP contribution in [0, 0.1) is 18.6 Å². The molecular weight excluding hydrogens is 264 g/mol. The van der Waals surface area contributed by atoms with Gasteiger partial charge in [-0.15, -0.1) is 0 Å². The molecule has 5 heteroatoms. The summed E-state index contributed by atoms with van der Waals surface area (Å²) in [5.41, 5.74) is -0.622. The van der Waals surface area contributed by atoms with E-state index in [9.17, 15) is 13.6 Å². The lowest BCUT2D eigenvalue weighted by molar-refractivity contribution is -0.142. The molecule has 0 aromatic heterocycles. The third-order valence-electron chi connectivity index (χ3n) is 3.33. The van der Waals surface area contributed by atoms with E-state index in [1.807, 2.05) is 6.92 Å². The molecule has 0 amide bonds. The smallest absolute Gasteiger partial charge is 0.307 e. The third-order valence-corrected chi connectivity index (χ3v) is 3.33. The van der Waals surface area contributed by atoms with Gasteiger partial charge < -0.3 is 10.1 Å². The standard InChI is InChI=1S/C15H21F2NO2/c1-5-6-18-15(3,9-14(19)20-4)11-8-12(16)10(2)7-13(11)17/h7-8,18H,5-6,9H2,1-4H3. The van der Waals surface area contributed by atoms with Gasteiger partial charge in [-0.3, -0.25) is 4.79 Å². The Labute approximate surface area is 118 Å². The zero-order valence-electron chi connectivity index (χ0n) is 12.3. The molecule has 1 aromatic rings. The molecule has 0 fully saturated rings. The van der Waals surface area contributed by atoms with E-state index in [2.05, 4.69) is 10.1 Å². The Hall–Kier alpha value is -1.49. The SMILES string of the molecule is CCCNC(C)(CC(=O)OC)c1cc(F)c(C)cc1F. The highest BCUT2D eigenvalue weighted by atomic mass is 19.1. The normalized spacial score (nSPS) is 13.9. The van der Waals surface area contributed by atoms with Crippen molar-refractivity contribution >= 4 is 5.97 Å². The van der Waals surface area contributed by atoms with Gasteiger partial charge in [-0.25, -0.2) is 8.78 Å². The minimum absolute atomic E-state index is 0.0665. The van der Waals surface area contributed by atoms with Gasteiger partial charge in [0, 0.05) is 5.56 Å². The minimum atomic E-state index is -0.998. The number of aryl methyl sites for hydroxylation is 1. The predicted octanol–water partition coefficient (Wildman–Crippen LogP) is 3.05. The monoisotopic (exact) mass is 285 g/mol. The highest BCUT2D eigenvalue weighted by Crippen LogP contribution is 2.29. The molecule has 1 atom stereocenters. The first-order valence-electron chi connectivity index (χ1n) is 6.62. The van der Waals surface area contributed by atoms with E-state index >= 15 is 0 Å². The first kappa shape index (κ1) is 16.6. The van der Waals surface area contributed by atoms with Crippen LogP contribution in [-0.4, -0.2) is 19.6 Å². The summed E-state index contributed by atoms with van der Waals surface area (Å²) in [4.78, 5) is 11.5. The van der Waals surface area contributed by atoms with Gasteiger partial charge in [-0.1, -0.05) is 6.92 Å². The molecule has 1 rings (SSSR count). The maximum Gasteiger partial charge on any atom is 0.307 e. The second-order valence-corrected chi connectivity index (χ2v) is 5.09. The summed E-state index contributed by atoms with van der Waals surface area (Å²) in [5.74, 6) is -1.49. The molecule has 1 N–H and O–H groups in total. The van der Waals surface area contributed by atoms with Crippen LogP contribution in [0.15, 0.2) is 12.1 Å². The average molecular weight is 285 g/mol. The number of benzene rings is 1. The Morgan fingerprint density at radius 1 is 1.35 bits per heavy atom. The Bertz CT molecular complexity index is 491. The second kappa shape index (κ2) is 6.79. The lowest BCUT2D eigenvalue weighted by Crippen LogP contribution is -2.43. The maximum absolute atomic E-state index is 14.1. The summed E-state index contributed by atoms with van der Waals surface area (Å²) in [6.45, 7) is 5.71. The molecule has 0 aliphatic carbocycles. The Morgan fingerprint density at radius 2 is 2.00 bits per heavy atom. The Morgan fingerprint density at radius 3 is 2.55 bits per heavy atom. The fourth-order valence-electron chi connectivity index (χ4n) is 2.08. The number of halogens is 2. The zero-order chi connectivity index (χ0) is 15.3. The van der Waals surface area contributed by atoms with Crippen LogP contribution in [-0.2, 0) is 15.1 Å². The molecule has 1 unspecified atom stereocenters. The van der Waals surface area contributed by atoms with Crippen molar-refractivity contribution in [3.05, 3.63) is 34.9 Å². The van der Waals surface area contributed by atoms with E-state index in [0.29, 0.717) is 6.54 Å². The highest BCUT2D eigenvalue weighted by molar-refractivity contribution is 5.71. The van der Waals surface area contributed by atoms with Crippen molar-refractivity contribution in [3.8, 4) is 0 Å². The molecule has 0 heterocycles. The fourth-order valence-corrected chi connectivity index (χ4v) is 2.08. The van der Waals surface area contributed by atoms with Gasteiger partial charge in [0.05, 0.1) is 19.1 Å². The van der Waals surface area contributed by atoms with Crippen molar-refractivity contribution < 1.29 is 18.3 Å². The van der Waals surface area contributed by atoms with E-state index in [1.54, 1.807) is 6.92 Å². The fraction of sp³-hybridized carbons (Fsp3) is 0.533. The van der Waals surface area contributed by atoms with Gasteiger partial charge in [0.2, 0.25) is 0 Å². The van der Waals surface area contributed by atoms with Crippen molar-refractivity contribution in [2.45, 2.75) is 39.2 Å². The van der Waals surface area contributed by atoms with Gasteiger partial charge in [0.15, 0.2) is 0 Å². The molecule has 0 saturated heterocycles. The lowest BCUT2D eigenvalue weighted by atomic mass is 9.87. The first-order chi connectivity index (χ1) is 9.34. The highest BCUT2D eigenvalue weighted by Gasteiger charge is 2.32. The van der Waals surface area contributed by atoms with Gasteiger partial charge in [-0.2, -0.15) is 0 Å². The molecule has 0 bridgehead atoms. The molecule has 1 aromatic carbocycles. The van der Waals surface area contributed by atoms with E-state index in [-0.39, 0.29) is 17.5 Å². The molecule has 3 nitrogen and oxygen atoms in total. The summed E-state index contributed by atoms with van der Waals surface area (Å²) in [6.07, 6.45) is 0.746. The summed E-state index contributed by atoms with van der Waals surface area (Å²) >= 11 is 0.